The van der Waals surface area contributed by atoms with Gasteiger partial charge in [0.25, 0.3) is 5.56 Å². The van der Waals surface area contributed by atoms with E-state index in [1.165, 1.54) is 18.7 Å². The van der Waals surface area contributed by atoms with Crippen molar-refractivity contribution in [2.45, 2.75) is 6.92 Å². The number of aromatic nitrogens is 2. The standard InChI is InChI=1S/C8H10N2O3/c1-5-6(4-11)7(12)10(3)8(13)9(5)2/h4H,1-3H3. The summed E-state index contributed by atoms with van der Waals surface area (Å²) in [5.74, 6) is 0. The number of hydrogen-bond acceptors (Lipinski definition) is 3. The Morgan fingerprint density at radius 2 is 1.69 bits per heavy atom. The Morgan fingerprint density at radius 1 is 1.15 bits per heavy atom. The van der Waals surface area contributed by atoms with Crippen molar-refractivity contribution in [1.29, 1.82) is 0 Å². The van der Waals surface area contributed by atoms with Gasteiger partial charge in [0.05, 0.1) is 5.56 Å². The molecule has 5 nitrogen and oxygen atoms in total. The molecule has 0 bridgehead atoms. The molecule has 1 rings (SSSR count). The summed E-state index contributed by atoms with van der Waals surface area (Å²) in [6.07, 6.45) is 0.469. The minimum atomic E-state index is -0.546. The molecule has 0 unspecified atom stereocenters. The van der Waals surface area contributed by atoms with E-state index >= 15 is 0 Å². The van der Waals surface area contributed by atoms with Gasteiger partial charge in [0.1, 0.15) is 0 Å². The number of carbonyl (C=O) groups is 1. The molecule has 0 spiro atoms. The van der Waals surface area contributed by atoms with E-state index in [0.717, 1.165) is 4.57 Å². The molecule has 1 heterocycles. The van der Waals surface area contributed by atoms with E-state index in [1.54, 1.807) is 6.92 Å². The molecule has 0 N–H and O–H groups in total. The Hall–Kier alpha value is -1.65. The average Bonchev–Trinajstić information content (AvgIpc) is 2.13. The third-order valence-corrected chi connectivity index (χ3v) is 2.12. The van der Waals surface area contributed by atoms with Crippen LogP contribution >= 0.6 is 0 Å². The van der Waals surface area contributed by atoms with Crippen molar-refractivity contribution >= 4 is 6.29 Å². The maximum absolute atomic E-state index is 11.3. The molecule has 0 radical (unpaired) electrons. The first-order chi connectivity index (χ1) is 6.00. The predicted octanol–water partition coefficient (Wildman–Crippen LogP) is -0.795. The molecule has 0 aliphatic carbocycles. The van der Waals surface area contributed by atoms with Crippen molar-refractivity contribution in [2.24, 2.45) is 14.1 Å². The maximum Gasteiger partial charge on any atom is 0.330 e. The Kier molecular flexibility index (Phi) is 2.18. The highest BCUT2D eigenvalue weighted by molar-refractivity contribution is 5.75. The van der Waals surface area contributed by atoms with E-state index in [9.17, 15) is 14.4 Å². The Bertz CT molecular complexity index is 468. The van der Waals surface area contributed by atoms with Crippen LogP contribution in [0.25, 0.3) is 0 Å². The van der Waals surface area contributed by atoms with Gasteiger partial charge in [0.2, 0.25) is 0 Å². The Morgan fingerprint density at radius 3 is 2.15 bits per heavy atom. The smallest absolute Gasteiger partial charge is 0.300 e. The first kappa shape index (κ1) is 9.44. The van der Waals surface area contributed by atoms with Crippen LogP contribution in [0.15, 0.2) is 9.59 Å². The van der Waals surface area contributed by atoms with Crippen LogP contribution in [0.3, 0.4) is 0 Å². The van der Waals surface area contributed by atoms with Crippen LogP contribution in [0, 0.1) is 6.92 Å². The van der Waals surface area contributed by atoms with E-state index < -0.39 is 11.2 Å². The number of nitrogens with zero attached hydrogens (tertiary/aromatic N) is 2. The maximum atomic E-state index is 11.3. The van der Waals surface area contributed by atoms with E-state index in [1.807, 2.05) is 0 Å². The summed E-state index contributed by atoms with van der Waals surface area (Å²) >= 11 is 0. The zero-order chi connectivity index (χ0) is 10.2. The molecule has 1 aromatic heterocycles. The molecule has 0 aliphatic rings. The zero-order valence-electron chi connectivity index (χ0n) is 7.70. The predicted molar refractivity (Wildman–Crippen MR) is 47.0 cm³/mol. The van der Waals surface area contributed by atoms with E-state index in [4.69, 9.17) is 0 Å². The summed E-state index contributed by atoms with van der Waals surface area (Å²) in [5, 5.41) is 0. The van der Waals surface area contributed by atoms with Gasteiger partial charge in [-0.25, -0.2) is 4.79 Å². The molecular formula is C8H10N2O3. The van der Waals surface area contributed by atoms with Crippen LogP contribution in [-0.2, 0) is 14.1 Å². The highest BCUT2D eigenvalue weighted by Gasteiger charge is 2.10. The summed E-state index contributed by atoms with van der Waals surface area (Å²) in [4.78, 5) is 33.1. The molecule has 0 aliphatic heterocycles. The van der Waals surface area contributed by atoms with Crippen LogP contribution < -0.4 is 11.2 Å². The monoisotopic (exact) mass is 182 g/mol. The van der Waals surface area contributed by atoms with E-state index in [-0.39, 0.29) is 5.56 Å². The fourth-order valence-electron chi connectivity index (χ4n) is 1.11. The van der Waals surface area contributed by atoms with Crippen molar-refractivity contribution in [2.75, 3.05) is 0 Å². The highest BCUT2D eigenvalue weighted by Crippen LogP contribution is 1.93. The van der Waals surface area contributed by atoms with Gasteiger partial charge in [0, 0.05) is 19.8 Å². The summed E-state index contributed by atoms with van der Waals surface area (Å²) in [5.41, 5.74) is -0.545. The lowest BCUT2D eigenvalue weighted by Gasteiger charge is -2.07. The number of carbonyl (C=O) groups excluding carboxylic acids is 1. The molecule has 13 heavy (non-hydrogen) atoms. The topological polar surface area (TPSA) is 61.1 Å². The summed E-state index contributed by atoms with van der Waals surface area (Å²) in [6.45, 7) is 1.56. The number of rotatable bonds is 1. The second kappa shape index (κ2) is 3.01. The van der Waals surface area contributed by atoms with Crippen molar-refractivity contribution in [3.05, 3.63) is 32.1 Å². The largest absolute Gasteiger partial charge is 0.330 e. The fourth-order valence-corrected chi connectivity index (χ4v) is 1.11. The minimum Gasteiger partial charge on any atom is -0.300 e. The summed E-state index contributed by atoms with van der Waals surface area (Å²) in [6, 6.07) is 0. The molecular weight excluding hydrogens is 172 g/mol. The van der Waals surface area contributed by atoms with Gasteiger partial charge in [-0.15, -0.1) is 0 Å². The molecule has 0 atom stereocenters. The lowest BCUT2D eigenvalue weighted by atomic mass is 10.2. The first-order valence-electron chi connectivity index (χ1n) is 3.72. The van der Waals surface area contributed by atoms with Crippen LogP contribution in [0.2, 0.25) is 0 Å². The van der Waals surface area contributed by atoms with Crippen LogP contribution in [0.1, 0.15) is 16.1 Å². The van der Waals surface area contributed by atoms with Crippen LogP contribution in [-0.4, -0.2) is 15.4 Å². The Balaban J connectivity index is 3.88. The van der Waals surface area contributed by atoms with Gasteiger partial charge in [0.15, 0.2) is 6.29 Å². The minimum absolute atomic E-state index is 0.0320. The number of hydrogen-bond donors (Lipinski definition) is 0. The fraction of sp³-hybridized carbons (Fsp3) is 0.375. The van der Waals surface area contributed by atoms with Crippen LogP contribution in [0.4, 0.5) is 0 Å². The average molecular weight is 182 g/mol. The van der Waals surface area contributed by atoms with E-state index in [0.29, 0.717) is 12.0 Å². The zero-order valence-corrected chi connectivity index (χ0v) is 7.70. The lowest BCUT2D eigenvalue weighted by Crippen LogP contribution is -2.40. The third-order valence-electron chi connectivity index (χ3n) is 2.12. The quantitative estimate of drug-likeness (QED) is 0.534. The van der Waals surface area contributed by atoms with Gasteiger partial charge in [-0.05, 0) is 6.92 Å². The van der Waals surface area contributed by atoms with Gasteiger partial charge in [-0.1, -0.05) is 0 Å². The number of aldehydes is 1. The van der Waals surface area contributed by atoms with Crippen molar-refractivity contribution in [3.8, 4) is 0 Å². The molecule has 0 saturated carbocycles. The van der Waals surface area contributed by atoms with Gasteiger partial charge in [-0.3, -0.25) is 14.2 Å². The van der Waals surface area contributed by atoms with Gasteiger partial charge < -0.3 is 4.57 Å². The van der Waals surface area contributed by atoms with E-state index in [2.05, 4.69) is 0 Å². The lowest BCUT2D eigenvalue weighted by molar-refractivity contribution is 0.112. The summed E-state index contributed by atoms with van der Waals surface area (Å²) in [7, 11) is 2.86. The molecule has 1 aromatic rings. The normalized spacial score (nSPS) is 10.1. The molecule has 0 amide bonds. The van der Waals surface area contributed by atoms with Crippen molar-refractivity contribution < 1.29 is 4.79 Å². The second-order valence-corrected chi connectivity index (χ2v) is 2.82. The third kappa shape index (κ3) is 1.22. The van der Waals surface area contributed by atoms with Gasteiger partial charge in [-0.2, -0.15) is 0 Å². The summed E-state index contributed by atoms with van der Waals surface area (Å²) < 4.78 is 2.18. The SMILES string of the molecule is Cc1c(C=O)c(=O)n(C)c(=O)n1C. The molecule has 5 heteroatoms. The molecule has 0 aromatic carbocycles. The van der Waals surface area contributed by atoms with Crippen LogP contribution in [0.5, 0.6) is 0 Å². The molecule has 0 saturated heterocycles. The van der Waals surface area contributed by atoms with Crippen molar-refractivity contribution in [3.63, 3.8) is 0 Å². The Labute approximate surface area is 74.2 Å². The highest BCUT2D eigenvalue weighted by atomic mass is 16.2. The molecule has 70 valence electrons. The first-order valence-corrected chi connectivity index (χ1v) is 3.72. The second-order valence-electron chi connectivity index (χ2n) is 2.82. The van der Waals surface area contributed by atoms with Crippen molar-refractivity contribution in [1.82, 2.24) is 9.13 Å². The molecule has 0 fully saturated rings. The van der Waals surface area contributed by atoms with Gasteiger partial charge >= 0.3 is 5.69 Å².